The Kier molecular flexibility index (Phi) is 11.7. The number of carbonyl (C=O) groups is 2. The van der Waals surface area contributed by atoms with E-state index in [1.807, 2.05) is 0 Å². The van der Waals surface area contributed by atoms with Crippen molar-refractivity contribution in [2.24, 2.45) is 0 Å². The van der Waals surface area contributed by atoms with Gasteiger partial charge in [-0.2, -0.15) is 0 Å². The topological polar surface area (TPSA) is 102 Å². The normalized spacial score (nSPS) is 11.1. The van der Waals surface area contributed by atoms with Crippen molar-refractivity contribution in [3.05, 3.63) is 60.2 Å². The average Bonchev–Trinajstić information content (AvgIpc) is 2.78. The molecule has 0 atom stereocenters. The standard InChI is InChI=1S/C25H25NO6.2Na/c27-22(28)15-31-12-10-26(11-13-32-16-23(29)30)14-20-7-6-19-5-4-17-2-1-3-18-8-9-21(20)25(19)24(17)18;;/h1-9H,10-16H2,(H,27,28)(H,29,30);;/q;2*+1/p-2. The molecule has 0 spiro atoms. The van der Waals surface area contributed by atoms with Crippen LogP contribution < -0.4 is 69.3 Å². The van der Waals surface area contributed by atoms with E-state index in [9.17, 15) is 19.8 Å². The van der Waals surface area contributed by atoms with Crippen LogP contribution in [0.15, 0.2) is 54.6 Å². The predicted molar refractivity (Wildman–Crippen MR) is 117 cm³/mol. The first-order chi connectivity index (χ1) is 15.5. The van der Waals surface area contributed by atoms with Gasteiger partial charge in [0.2, 0.25) is 0 Å². The van der Waals surface area contributed by atoms with E-state index in [4.69, 9.17) is 9.47 Å². The van der Waals surface area contributed by atoms with Crippen LogP contribution in [0.5, 0.6) is 0 Å². The minimum atomic E-state index is -1.26. The van der Waals surface area contributed by atoms with E-state index in [1.54, 1.807) is 0 Å². The summed E-state index contributed by atoms with van der Waals surface area (Å²) in [6.07, 6.45) is 0. The van der Waals surface area contributed by atoms with Crippen molar-refractivity contribution in [3.63, 3.8) is 0 Å². The zero-order chi connectivity index (χ0) is 22.5. The molecule has 4 rings (SSSR count). The van der Waals surface area contributed by atoms with E-state index in [0.29, 0.717) is 19.6 Å². The second-order valence-corrected chi connectivity index (χ2v) is 7.71. The van der Waals surface area contributed by atoms with Gasteiger partial charge in [-0.25, -0.2) is 0 Å². The molecule has 0 fully saturated rings. The van der Waals surface area contributed by atoms with E-state index in [0.717, 1.165) is 10.9 Å². The molecule has 0 heterocycles. The first-order valence-corrected chi connectivity index (χ1v) is 10.5. The predicted octanol–water partition coefficient (Wildman–Crippen LogP) is -5.07. The van der Waals surface area contributed by atoms with E-state index < -0.39 is 25.2 Å². The second-order valence-electron chi connectivity index (χ2n) is 7.71. The van der Waals surface area contributed by atoms with Crippen molar-refractivity contribution in [2.45, 2.75) is 6.54 Å². The van der Waals surface area contributed by atoms with E-state index in [1.165, 1.54) is 26.9 Å². The van der Waals surface area contributed by atoms with Crippen molar-refractivity contribution < 1.29 is 88.4 Å². The van der Waals surface area contributed by atoms with Gasteiger partial charge in [-0.05, 0) is 37.9 Å². The number of rotatable bonds is 12. The van der Waals surface area contributed by atoms with E-state index >= 15 is 0 Å². The molecule has 9 heteroatoms. The zero-order valence-electron chi connectivity index (χ0n) is 19.5. The molecule has 34 heavy (non-hydrogen) atoms. The van der Waals surface area contributed by atoms with Crippen LogP contribution in [0.1, 0.15) is 5.56 Å². The van der Waals surface area contributed by atoms with Crippen LogP contribution in [-0.4, -0.2) is 56.4 Å². The fraction of sp³-hybridized carbons (Fsp3) is 0.280. The number of benzene rings is 4. The van der Waals surface area contributed by atoms with Gasteiger partial charge in [-0.15, -0.1) is 0 Å². The quantitative estimate of drug-likeness (QED) is 0.114. The Hall–Kier alpha value is -1.26. The van der Waals surface area contributed by atoms with Crippen molar-refractivity contribution >= 4 is 44.3 Å². The summed E-state index contributed by atoms with van der Waals surface area (Å²) in [6, 6.07) is 19.0. The number of hydrogen-bond donors (Lipinski definition) is 0. The Morgan fingerprint density at radius 1 is 0.706 bits per heavy atom. The van der Waals surface area contributed by atoms with Crippen molar-refractivity contribution in [1.82, 2.24) is 4.90 Å². The summed E-state index contributed by atoms with van der Waals surface area (Å²) < 4.78 is 10.3. The van der Waals surface area contributed by atoms with Gasteiger partial charge in [-0.3, -0.25) is 4.90 Å². The van der Waals surface area contributed by atoms with Crippen LogP contribution in [0.4, 0.5) is 0 Å². The van der Waals surface area contributed by atoms with Gasteiger partial charge in [0.05, 0.1) is 38.4 Å². The summed E-state index contributed by atoms with van der Waals surface area (Å²) in [6.45, 7) is 0.994. The van der Waals surface area contributed by atoms with Crippen LogP contribution in [0.25, 0.3) is 32.3 Å². The Morgan fingerprint density at radius 2 is 1.21 bits per heavy atom. The molecule has 0 N–H and O–H groups in total. The number of hydrogen-bond acceptors (Lipinski definition) is 7. The third-order valence-electron chi connectivity index (χ3n) is 5.56. The fourth-order valence-corrected chi connectivity index (χ4v) is 4.14. The van der Waals surface area contributed by atoms with Crippen molar-refractivity contribution in [3.8, 4) is 0 Å². The molecule has 0 saturated carbocycles. The Labute approximate surface area is 241 Å². The number of aliphatic carboxylic acids is 2. The van der Waals surface area contributed by atoms with Gasteiger partial charge in [-0.1, -0.05) is 54.6 Å². The summed E-state index contributed by atoms with van der Waals surface area (Å²) in [5, 5.41) is 28.4. The first-order valence-electron chi connectivity index (χ1n) is 10.5. The van der Waals surface area contributed by atoms with Gasteiger partial charge in [0.15, 0.2) is 0 Å². The van der Waals surface area contributed by atoms with Gasteiger partial charge in [0.1, 0.15) is 0 Å². The second kappa shape index (κ2) is 13.7. The maximum absolute atomic E-state index is 10.6. The minimum absolute atomic E-state index is 0. The molecule has 0 bridgehead atoms. The molecule has 0 unspecified atom stereocenters. The molecular formula is C25H23NNa2O6. The average molecular weight is 479 g/mol. The summed E-state index contributed by atoms with van der Waals surface area (Å²) in [5.41, 5.74) is 1.12. The Balaban J connectivity index is 0.00000204. The monoisotopic (exact) mass is 479 g/mol. The zero-order valence-corrected chi connectivity index (χ0v) is 23.5. The maximum Gasteiger partial charge on any atom is 1.00 e. The summed E-state index contributed by atoms with van der Waals surface area (Å²) in [4.78, 5) is 23.2. The Morgan fingerprint density at radius 3 is 1.76 bits per heavy atom. The largest absolute Gasteiger partial charge is 1.00 e. The molecule has 0 aromatic heterocycles. The molecule has 0 amide bonds. The molecule has 0 radical (unpaired) electrons. The summed E-state index contributed by atoms with van der Waals surface area (Å²) in [5.74, 6) is -2.53. The van der Waals surface area contributed by atoms with E-state index in [2.05, 4.69) is 59.5 Å². The number of nitrogens with zero attached hydrogens (tertiary/aromatic N) is 1. The molecule has 0 saturated heterocycles. The van der Waals surface area contributed by atoms with Crippen molar-refractivity contribution in [2.75, 3.05) is 39.5 Å². The third kappa shape index (κ3) is 7.13. The van der Waals surface area contributed by atoms with Gasteiger partial charge in [0, 0.05) is 19.6 Å². The molecular weight excluding hydrogens is 456 g/mol. The molecule has 0 aliphatic rings. The number of carboxylic acid groups (broad SMARTS) is 2. The minimum Gasteiger partial charge on any atom is -0.548 e. The maximum atomic E-state index is 10.6. The number of ether oxygens (including phenoxy) is 2. The number of carboxylic acids is 2. The molecule has 0 aliphatic carbocycles. The van der Waals surface area contributed by atoms with Crippen molar-refractivity contribution in [1.29, 1.82) is 0 Å². The van der Waals surface area contributed by atoms with Gasteiger partial charge >= 0.3 is 59.1 Å². The summed E-state index contributed by atoms with van der Waals surface area (Å²) >= 11 is 0. The third-order valence-corrected chi connectivity index (χ3v) is 5.56. The van der Waals surface area contributed by atoms with Gasteiger partial charge in [0.25, 0.3) is 0 Å². The first kappa shape index (κ1) is 29.0. The fourth-order valence-electron chi connectivity index (χ4n) is 4.14. The van der Waals surface area contributed by atoms with Crippen LogP contribution >= 0.6 is 0 Å². The van der Waals surface area contributed by atoms with E-state index in [-0.39, 0.29) is 72.3 Å². The van der Waals surface area contributed by atoms with Gasteiger partial charge < -0.3 is 29.3 Å². The molecule has 166 valence electrons. The molecule has 4 aromatic rings. The smallest absolute Gasteiger partial charge is 0.548 e. The SMILES string of the molecule is O=C([O-])COCCN(CCOCC(=O)[O-])Cc1ccc2ccc3cccc4ccc1c2c34.[Na+].[Na+]. The van der Waals surface area contributed by atoms with Crippen LogP contribution in [0.2, 0.25) is 0 Å². The van der Waals surface area contributed by atoms with Crippen LogP contribution in [0.3, 0.4) is 0 Å². The molecule has 7 nitrogen and oxygen atoms in total. The molecule has 4 aromatic carbocycles. The Bertz CT molecular complexity index is 1210. The summed E-state index contributed by atoms with van der Waals surface area (Å²) in [7, 11) is 0. The van der Waals surface area contributed by atoms with Crippen LogP contribution in [0, 0.1) is 0 Å². The molecule has 0 aliphatic heterocycles. The number of carbonyl (C=O) groups excluding carboxylic acids is 2. The van der Waals surface area contributed by atoms with Crippen LogP contribution in [-0.2, 0) is 25.6 Å².